The standard InChI is InChI=1S/C10H11BrClNO2S/c11-9-2-3-10(12)8(6-9)7-13-4-1-5-16(13,14)15/h2-3,6H,1,4-5,7H2. The van der Waals surface area contributed by atoms with Gasteiger partial charge in [-0.1, -0.05) is 27.5 Å². The molecule has 1 fully saturated rings. The van der Waals surface area contributed by atoms with Crippen LogP contribution in [0.15, 0.2) is 22.7 Å². The second kappa shape index (κ2) is 4.64. The maximum atomic E-state index is 11.6. The van der Waals surface area contributed by atoms with E-state index >= 15 is 0 Å². The van der Waals surface area contributed by atoms with Crippen LogP contribution in [-0.4, -0.2) is 25.0 Å². The summed E-state index contributed by atoms with van der Waals surface area (Å²) in [4.78, 5) is 0. The Morgan fingerprint density at radius 1 is 1.44 bits per heavy atom. The molecule has 1 heterocycles. The molecule has 0 atom stereocenters. The average Bonchev–Trinajstić information content (AvgIpc) is 2.52. The number of sulfonamides is 1. The van der Waals surface area contributed by atoms with E-state index < -0.39 is 10.0 Å². The monoisotopic (exact) mass is 323 g/mol. The summed E-state index contributed by atoms with van der Waals surface area (Å²) in [5.41, 5.74) is 0.835. The molecule has 1 aromatic carbocycles. The molecule has 0 saturated carbocycles. The Balaban J connectivity index is 2.24. The van der Waals surface area contributed by atoms with Gasteiger partial charge in [0.15, 0.2) is 0 Å². The first-order valence-electron chi connectivity index (χ1n) is 4.91. The van der Waals surface area contributed by atoms with Gasteiger partial charge in [0.25, 0.3) is 0 Å². The first-order valence-corrected chi connectivity index (χ1v) is 7.69. The summed E-state index contributed by atoms with van der Waals surface area (Å²) in [5.74, 6) is 0.249. The van der Waals surface area contributed by atoms with Gasteiger partial charge in [-0.25, -0.2) is 8.42 Å². The van der Waals surface area contributed by atoms with E-state index in [1.807, 2.05) is 12.1 Å². The van der Waals surface area contributed by atoms with E-state index in [0.717, 1.165) is 10.0 Å². The average molecular weight is 325 g/mol. The normalized spacial score (nSPS) is 20.1. The maximum Gasteiger partial charge on any atom is 0.214 e. The molecule has 0 bridgehead atoms. The van der Waals surface area contributed by atoms with Gasteiger partial charge in [-0.05, 0) is 30.2 Å². The van der Waals surface area contributed by atoms with Crippen LogP contribution in [0, 0.1) is 0 Å². The molecule has 3 nitrogen and oxygen atoms in total. The van der Waals surface area contributed by atoms with Gasteiger partial charge in [-0.15, -0.1) is 0 Å². The molecule has 0 N–H and O–H groups in total. The zero-order valence-corrected chi connectivity index (χ0v) is 11.6. The largest absolute Gasteiger partial charge is 0.214 e. The van der Waals surface area contributed by atoms with Crippen molar-refractivity contribution in [2.75, 3.05) is 12.3 Å². The molecule has 1 aliphatic rings. The summed E-state index contributed by atoms with van der Waals surface area (Å²) in [6.45, 7) is 0.950. The summed E-state index contributed by atoms with van der Waals surface area (Å²) < 4.78 is 25.7. The van der Waals surface area contributed by atoms with Crippen molar-refractivity contribution in [2.24, 2.45) is 0 Å². The summed E-state index contributed by atoms with van der Waals surface area (Å²) in [6.07, 6.45) is 0.702. The van der Waals surface area contributed by atoms with Crippen molar-refractivity contribution in [3.05, 3.63) is 33.3 Å². The van der Waals surface area contributed by atoms with Crippen molar-refractivity contribution >= 4 is 37.6 Å². The first-order chi connectivity index (χ1) is 7.49. The van der Waals surface area contributed by atoms with Crippen molar-refractivity contribution in [1.82, 2.24) is 4.31 Å². The third-order valence-electron chi connectivity index (χ3n) is 2.56. The van der Waals surface area contributed by atoms with E-state index in [4.69, 9.17) is 11.6 Å². The third kappa shape index (κ3) is 2.59. The molecule has 0 amide bonds. The van der Waals surface area contributed by atoms with Crippen molar-refractivity contribution < 1.29 is 8.42 Å². The van der Waals surface area contributed by atoms with Gasteiger partial charge in [0.05, 0.1) is 5.75 Å². The molecule has 1 saturated heterocycles. The predicted octanol–water partition coefficient (Wildman–Crippen LogP) is 2.64. The predicted molar refractivity (Wildman–Crippen MR) is 68.0 cm³/mol. The highest BCUT2D eigenvalue weighted by Crippen LogP contribution is 2.25. The SMILES string of the molecule is O=S1(=O)CCCN1Cc1cc(Br)ccc1Cl. The number of rotatable bonds is 2. The molecule has 0 spiro atoms. The van der Waals surface area contributed by atoms with Crippen LogP contribution in [0.4, 0.5) is 0 Å². The highest BCUT2D eigenvalue weighted by molar-refractivity contribution is 9.10. The molecule has 6 heteroatoms. The lowest BCUT2D eigenvalue weighted by Crippen LogP contribution is -2.25. The lowest BCUT2D eigenvalue weighted by atomic mass is 10.2. The highest BCUT2D eigenvalue weighted by atomic mass is 79.9. The quantitative estimate of drug-likeness (QED) is 0.838. The van der Waals surface area contributed by atoms with Gasteiger partial charge in [0.2, 0.25) is 10.0 Å². The van der Waals surface area contributed by atoms with Gasteiger partial charge in [-0.3, -0.25) is 0 Å². The molecule has 1 aromatic rings. The molecular weight excluding hydrogens is 314 g/mol. The lowest BCUT2D eigenvalue weighted by molar-refractivity contribution is 0.440. The minimum absolute atomic E-state index is 0.249. The van der Waals surface area contributed by atoms with Gasteiger partial charge in [0.1, 0.15) is 0 Å². The Labute approximate surface area is 109 Å². The molecule has 16 heavy (non-hydrogen) atoms. The van der Waals surface area contributed by atoms with Crippen molar-refractivity contribution in [3.63, 3.8) is 0 Å². The zero-order valence-electron chi connectivity index (χ0n) is 8.49. The van der Waals surface area contributed by atoms with Crippen molar-refractivity contribution in [2.45, 2.75) is 13.0 Å². The molecule has 2 rings (SSSR count). The Bertz CT molecular complexity index is 504. The molecule has 0 radical (unpaired) electrons. The van der Waals surface area contributed by atoms with Crippen LogP contribution in [0.5, 0.6) is 0 Å². The summed E-state index contributed by atoms with van der Waals surface area (Å²) in [7, 11) is -3.06. The molecule has 0 aliphatic carbocycles. The van der Waals surface area contributed by atoms with Gasteiger partial charge in [-0.2, -0.15) is 4.31 Å². The second-order valence-electron chi connectivity index (χ2n) is 3.74. The zero-order chi connectivity index (χ0) is 11.8. The minimum Gasteiger partial charge on any atom is -0.212 e. The molecule has 0 aromatic heterocycles. The van der Waals surface area contributed by atoms with Crippen molar-refractivity contribution in [3.8, 4) is 0 Å². The first kappa shape index (κ1) is 12.4. The van der Waals surface area contributed by atoms with Crippen LogP contribution < -0.4 is 0 Å². The third-order valence-corrected chi connectivity index (χ3v) is 5.32. The van der Waals surface area contributed by atoms with E-state index in [0.29, 0.717) is 24.5 Å². The van der Waals surface area contributed by atoms with Gasteiger partial charge in [0, 0.05) is 22.6 Å². The van der Waals surface area contributed by atoms with Crippen LogP contribution in [0.3, 0.4) is 0 Å². The lowest BCUT2D eigenvalue weighted by Gasteiger charge is -2.15. The number of halogens is 2. The second-order valence-corrected chi connectivity index (χ2v) is 7.15. The van der Waals surface area contributed by atoms with Crippen LogP contribution in [0.1, 0.15) is 12.0 Å². The van der Waals surface area contributed by atoms with E-state index in [9.17, 15) is 8.42 Å². The van der Waals surface area contributed by atoms with Gasteiger partial charge < -0.3 is 0 Å². The van der Waals surface area contributed by atoms with Crippen molar-refractivity contribution in [1.29, 1.82) is 0 Å². The fourth-order valence-corrected chi connectivity index (χ4v) is 3.80. The Hall–Kier alpha value is -0.100. The minimum atomic E-state index is -3.06. The van der Waals surface area contributed by atoms with Crippen LogP contribution in [0.2, 0.25) is 5.02 Å². The maximum absolute atomic E-state index is 11.6. The number of hydrogen-bond acceptors (Lipinski definition) is 2. The van der Waals surface area contributed by atoms with Crippen LogP contribution in [0.25, 0.3) is 0 Å². The summed E-state index contributed by atoms with van der Waals surface area (Å²) >= 11 is 9.37. The molecule has 1 aliphatic heterocycles. The smallest absolute Gasteiger partial charge is 0.212 e. The Morgan fingerprint density at radius 2 is 2.19 bits per heavy atom. The highest BCUT2D eigenvalue weighted by Gasteiger charge is 2.28. The fraction of sp³-hybridized carbons (Fsp3) is 0.400. The topological polar surface area (TPSA) is 37.4 Å². The van der Waals surface area contributed by atoms with Crippen LogP contribution in [-0.2, 0) is 16.6 Å². The molecule has 0 unspecified atom stereocenters. The number of benzene rings is 1. The fourth-order valence-electron chi connectivity index (χ4n) is 1.72. The van der Waals surface area contributed by atoms with E-state index in [-0.39, 0.29) is 5.75 Å². The Kier molecular flexibility index (Phi) is 3.59. The Morgan fingerprint density at radius 3 is 2.81 bits per heavy atom. The van der Waals surface area contributed by atoms with Crippen LogP contribution >= 0.6 is 27.5 Å². The summed E-state index contributed by atoms with van der Waals surface area (Å²) in [6, 6.07) is 5.46. The number of hydrogen-bond donors (Lipinski definition) is 0. The molecule has 88 valence electrons. The van der Waals surface area contributed by atoms with Gasteiger partial charge >= 0.3 is 0 Å². The van der Waals surface area contributed by atoms with E-state index in [1.54, 1.807) is 6.07 Å². The number of nitrogens with zero attached hydrogens (tertiary/aromatic N) is 1. The molecular formula is C10H11BrClNO2S. The van der Waals surface area contributed by atoms with E-state index in [1.165, 1.54) is 4.31 Å². The van der Waals surface area contributed by atoms with E-state index in [2.05, 4.69) is 15.9 Å². The summed E-state index contributed by atoms with van der Waals surface area (Å²) in [5, 5.41) is 0.602.